The number of para-hydroxylation sites is 1. The molecule has 188 valence electrons. The summed E-state index contributed by atoms with van der Waals surface area (Å²) in [5.41, 5.74) is 8.23. The van der Waals surface area contributed by atoms with E-state index in [0.717, 1.165) is 44.1 Å². The van der Waals surface area contributed by atoms with E-state index < -0.39 is 0 Å². The minimum absolute atomic E-state index is 0.160. The summed E-state index contributed by atoms with van der Waals surface area (Å²) in [6, 6.07) is 11.1. The molecule has 0 spiro atoms. The van der Waals surface area contributed by atoms with Crippen molar-refractivity contribution >= 4 is 17.3 Å². The van der Waals surface area contributed by atoms with Crippen LogP contribution in [0.15, 0.2) is 42.6 Å². The second kappa shape index (κ2) is 12.2. The topological polar surface area (TPSA) is 126 Å². The summed E-state index contributed by atoms with van der Waals surface area (Å²) < 4.78 is 5.12. The molecular weight excluding hydrogens is 456 g/mol. The molecule has 1 atom stereocenters. The zero-order valence-corrected chi connectivity index (χ0v) is 20.7. The molecule has 36 heavy (non-hydrogen) atoms. The highest BCUT2D eigenvalue weighted by Gasteiger charge is 2.20. The van der Waals surface area contributed by atoms with E-state index in [1.54, 1.807) is 25.4 Å². The van der Waals surface area contributed by atoms with Crippen molar-refractivity contribution in [1.82, 2.24) is 25.5 Å². The van der Waals surface area contributed by atoms with Crippen LogP contribution in [0.5, 0.6) is 5.75 Å². The number of hydrogen-bond acceptors (Lipinski definition) is 10. The molecule has 4 rings (SSSR count). The van der Waals surface area contributed by atoms with Gasteiger partial charge in [-0.3, -0.25) is 0 Å². The molecule has 10 heteroatoms. The molecule has 1 aliphatic rings. The van der Waals surface area contributed by atoms with Crippen LogP contribution >= 0.6 is 0 Å². The predicted octanol–water partition coefficient (Wildman–Crippen LogP) is 1.91. The number of hydrogen-bond donors (Lipinski definition) is 3. The van der Waals surface area contributed by atoms with E-state index >= 15 is 0 Å². The Kier molecular flexibility index (Phi) is 8.49. The van der Waals surface area contributed by atoms with Crippen LogP contribution in [-0.4, -0.2) is 77.8 Å². The molecule has 1 aliphatic heterocycles. The van der Waals surface area contributed by atoms with Gasteiger partial charge in [0.25, 0.3) is 0 Å². The van der Waals surface area contributed by atoms with Gasteiger partial charge in [0.2, 0.25) is 5.82 Å². The molecular formula is C26H32N8O2. The quantitative estimate of drug-likeness (QED) is 0.425. The third-order valence-corrected chi connectivity index (χ3v) is 5.94. The summed E-state index contributed by atoms with van der Waals surface area (Å²) in [5.74, 6) is 8.01. The lowest BCUT2D eigenvalue weighted by molar-refractivity contribution is 0.174. The predicted molar refractivity (Wildman–Crippen MR) is 141 cm³/mol. The number of ether oxygens (including phenoxy) is 1. The van der Waals surface area contributed by atoms with Gasteiger partial charge in [-0.25, -0.2) is 9.97 Å². The SMILES string of the molecule is COC[C@H](C)NCC#Cc1nccc(N2CCCN(c3cc(-c4ccccc4O)nnc3N)CC2)n1. The molecule has 1 fully saturated rings. The Labute approximate surface area is 211 Å². The van der Waals surface area contributed by atoms with Crippen molar-refractivity contribution in [2.75, 3.05) is 62.0 Å². The summed E-state index contributed by atoms with van der Waals surface area (Å²) in [5, 5.41) is 21.9. The number of phenols is 1. The van der Waals surface area contributed by atoms with Crippen LogP contribution in [0, 0.1) is 11.8 Å². The number of nitrogens with two attached hydrogens (primary N) is 1. The van der Waals surface area contributed by atoms with Gasteiger partial charge in [0, 0.05) is 51.1 Å². The fourth-order valence-electron chi connectivity index (χ4n) is 4.10. The first-order valence-corrected chi connectivity index (χ1v) is 12.0. The third kappa shape index (κ3) is 6.38. The summed E-state index contributed by atoms with van der Waals surface area (Å²) in [7, 11) is 1.68. The molecule has 3 heterocycles. The van der Waals surface area contributed by atoms with Gasteiger partial charge in [0.05, 0.1) is 24.5 Å². The van der Waals surface area contributed by atoms with Gasteiger partial charge in [0.1, 0.15) is 11.6 Å². The standard InChI is InChI=1S/C26H32N8O2/c1-19(18-36-2)28-11-5-9-24-29-12-10-25(30-24)34-14-6-13-33(15-16-34)22-17-21(31-32-26(22)27)20-7-3-4-8-23(20)35/h3-4,7-8,10,12,17,19,28,35H,6,11,13-16,18H2,1-2H3,(H2,27,32)/t19-/m0/s1. The lowest BCUT2D eigenvalue weighted by Gasteiger charge is -2.25. The van der Waals surface area contributed by atoms with E-state index in [1.807, 2.05) is 31.2 Å². The largest absolute Gasteiger partial charge is 0.507 e. The van der Waals surface area contributed by atoms with Gasteiger partial charge in [-0.05, 0) is 43.5 Å². The van der Waals surface area contributed by atoms with Crippen LogP contribution in [0.3, 0.4) is 0 Å². The molecule has 2 aromatic heterocycles. The Morgan fingerprint density at radius 3 is 2.78 bits per heavy atom. The Balaban J connectivity index is 1.43. The first kappa shape index (κ1) is 25.2. The normalized spacial score (nSPS) is 14.6. The molecule has 1 saturated heterocycles. The monoisotopic (exact) mass is 488 g/mol. The maximum Gasteiger partial charge on any atom is 0.206 e. The van der Waals surface area contributed by atoms with Crippen molar-refractivity contribution in [2.45, 2.75) is 19.4 Å². The number of nitrogens with one attached hydrogen (secondary N) is 1. The smallest absolute Gasteiger partial charge is 0.206 e. The minimum atomic E-state index is 0.160. The van der Waals surface area contributed by atoms with Crippen molar-refractivity contribution in [3.63, 3.8) is 0 Å². The number of rotatable bonds is 7. The van der Waals surface area contributed by atoms with E-state index in [-0.39, 0.29) is 11.8 Å². The van der Waals surface area contributed by atoms with Gasteiger partial charge in [0.15, 0.2) is 5.82 Å². The number of phenolic OH excluding ortho intramolecular Hbond substituents is 1. The highest BCUT2D eigenvalue weighted by Crippen LogP contribution is 2.31. The average molecular weight is 489 g/mol. The molecule has 0 bridgehead atoms. The fraction of sp³-hybridized carbons (Fsp3) is 0.385. The number of nitrogen functional groups attached to an aromatic ring is 1. The van der Waals surface area contributed by atoms with Gasteiger partial charge in [-0.2, -0.15) is 0 Å². The Morgan fingerprint density at radius 2 is 1.94 bits per heavy atom. The summed E-state index contributed by atoms with van der Waals surface area (Å²) >= 11 is 0. The number of anilines is 3. The van der Waals surface area contributed by atoms with Gasteiger partial charge < -0.3 is 30.7 Å². The zero-order chi connectivity index (χ0) is 25.3. The fourth-order valence-corrected chi connectivity index (χ4v) is 4.10. The van der Waals surface area contributed by atoms with Crippen molar-refractivity contribution < 1.29 is 9.84 Å². The van der Waals surface area contributed by atoms with Crippen molar-refractivity contribution in [3.05, 3.63) is 48.4 Å². The molecule has 4 N–H and O–H groups in total. The van der Waals surface area contributed by atoms with E-state index in [2.05, 4.69) is 47.1 Å². The second-order valence-electron chi connectivity index (χ2n) is 8.62. The van der Waals surface area contributed by atoms with E-state index in [4.69, 9.17) is 10.5 Å². The summed E-state index contributed by atoms with van der Waals surface area (Å²) in [6.07, 6.45) is 2.67. The van der Waals surface area contributed by atoms with Crippen LogP contribution in [0.25, 0.3) is 11.3 Å². The van der Waals surface area contributed by atoms with Crippen LogP contribution in [-0.2, 0) is 4.74 Å². The summed E-state index contributed by atoms with van der Waals surface area (Å²) in [6.45, 7) is 6.39. The van der Waals surface area contributed by atoms with Crippen molar-refractivity contribution in [1.29, 1.82) is 0 Å². The Morgan fingerprint density at radius 1 is 1.14 bits per heavy atom. The lowest BCUT2D eigenvalue weighted by Crippen LogP contribution is -2.32. The molecule has 0 aliphatic carbocycles. The van der Waals surface area contributed by atoms with Crippen molar-refractivity contribution in [3.8, 4) is 28.8 Å². The van der Waals surface area contributed by atoms with E-state index in [1.165, 1.54) is 0 Å². The van der Waals surface area contributed by atoms with Crippen LogP contribution in [0.4, 0.5) is 17.3 Å². The maximum absolute atomic E-state index is 10.2. The zero-order valence-electron chi connectivity index (χ0n) is 20.7. The summed E-state index contributed by atoms with van der Waals surface area (Å²) in [4.78, 5) is 13.4. The lowest BCUT2D eigenvalue weighted by atomic mass is 10.1. The molecule has 0 unspecified atom stereocenters. The first-order valence-electron chi connectivity index (χ1n) is 12.0. The maximum atomic E-state index is 10.2. The second-order valence-corrected chi connectivity index (χ2v) is 8.62. The molecule has 0 radical (unpaired) electrons. The highest BCUT2D eigenvalue weighted by atomic mass is 16.5. The first-order chi connectivity index (χ1) is 17.5. The van der Waals surface area contributed by atoms with Gasteiger partial charge in [-0.1, -0.05) is 18.1 Å². The Hall–Kier alpha value is -3.94. The Bertz CT molecular complexity index is 1230. The van der Waals surface area contributed by atoms with E-state index in [9.17, 15) is 5.11 Å². The number of aromatic nitrogens is 4. The van der Waals surface area contributed by atoms with Gasteiger partial charge in [-0.15, -0.1) is 10.2 Å². The molecule has 0 saturated carbocycles. The molecule has 1 aromatic carbocycles. The highest BCUT2D eigenvalue weighted by molar-refractivity contribution is 5.74. The number of benzene rings is 1. The minimum Gasteiger partial charge on any atom is -0.507 e. The number of nitrogens with zero attached hydrogens (tertiary/aromatic N) is 6. The molecule has 10 nitrogen and oxygen atoms in total. The molecule has 3 aromatic rings. The van der Waals surface area contributed by atoms with Crippen LogP contribution in [0.1, 0.15) is 19.2 Å². The number of aromatic hydroxyl groups is 1. The van der Waals surface area contributed by atoms with Crippen molar-refractivity contribution in [2.24, 2.45) is 0 Å². The average Bonchev–Trinajstić information content (AvgIpc) is 3.14. The van der Waals surface area contributed by atoms with Crippen LogP contribution in [0.2, 0.25) is 0 Å². The van der Waals surface area contributed by atoms with Gasteiger partial charge >= 0.3 is 0 Å². The van der Waals surface area contributed by atoms with Crippen LogP contribution < -0.4 is 20.9 Å². The number of methoxy groups -OCH3 is 1. The van der Waals surface area contributed by atoms with E-state index in [0.29, 0.717) is 36.1 Å². The molecule has 0 amide bonds. The third-order valence-electron chi connectivity index (χ3n) is 5.94.